The van der Waals surface area contributed by atoms with Gasteiger partial charge in [-0.2, -0.15) is 10.1 Å². The molecule has 0 aliphatic rings. The molecule has 22 heavy (non-hydrogen) atoms. The van der Waals surface area contributed by atoms with E-state index < -0.39 is 0 Å². The van der Waals surface area contributed by atoms with Crippen molar-refractivity contribution in [2.24, 2.45) is 0 Å². The van der Waals surface area contributed by atoms with E-state index >= 15 is 0 Å². The van der Waals surface area contributed by atoms with Crippen LogP contribution >= 0.6 is 11.3 Å². The Labute approximate surface area is 130 Å². The molecule has 3 aromatic rings. The van der Waals surface area contributed by atoms with Gasteiger partial charge in [-0.15, -0.1) is 11.3 Å². The van der Waals surface area contributed by atoms with Crippen LogP contribution in [0.2, 0.25) is 0 Å². The number of rotatable bonds is 5. The Morgan fingerprint density at radius 2 is 2.18 bits per heavy atom. The fourth-order valence-electron chi connectivity index (χ4n) is 1.86. The predicted octanol–water partition coefficient (Wildman–Crippen LogP) is 2.12. The molecule has 0 atom stereocenters. The number of ether oxygens (including phenoxy) is 1. The quantitative estimate of drug-likeness (QED) is 0.752. The number of aromatic amines is 1. The molecule has 2 N–H and O–H groups in total. The SMILES string of the molecule is COc1ccc(-c2nc(CC(=O)Nc3ncn[nH]3)cs2)cc1. The number of H-pyrrole nitrogens is 1. The van der Waals surface area contributed by atoms with Gasteiger partial charge in [-0.05, 0) is 24.3 Å². The number of benzene rings is 1. The molecule has 112 valence electrons. The molecule has 1 amide bonds. The van der Waals surface area contributed by atoms with Gasteiger partial charge in [0.1, 0.15) is 17.1 Å². The van der Waals surface area contributed by atoms with Gasteiger partial charge in [-0.25, -0.2) is 10.1 Å². The van der Waals surface area contributed by atoms with E-state index in [4.69, 9.17) is 4.74 Å². The lowest BCUT2D eigenvalue weighted by Gasteiger charge is -2.00. The van der Waals surface area contributed by atoms with Crippen LogP contribution in [0.4, 0.5) is 5.95 Å². The highest BCUT2D eigenvalue weighted by Gasteiger charge is 2.10. The predicted molar refractivity (Wildman–Crippen MR) is 82.8 cm³/mol. The van der Waals surface area contributed by atoms with E-state index in [0.29, 0.717) is 11.6 Å². The maximum Gasteiger partial charge on any atom is 0.232 e. The van der Waals surface area contributed by atoms with E-state index in [1.807, 2.05) is 29.6 Å². The van der Waals surface area contributed by atoms with Gasteiger partial charge in [0.15, 0.2) is 0 Å². The number of carbonyl (C=O) groups is 1. The number of nitrogens with zero attached hydrogens (tertiary/aromatic N) is 3. The molecule has 0 saturated heterocycles. The summed E-state index contributed by atoms with van der Waals surface area (Å²) in [6, 6.07) is 7.64. The molecule has 0 aliphatic heterocycles. The third-order valence-electron chi connectivity index (χ3n) is 2.90. The molecule has 1 aromatic carbocycles. The molecule has 2 heterocycles. The number of anilines is 1. The summed E-state index contributed by atoms with van der Waals surface area (Å²) >= 11 is 1.50. The van der Waals surface area contributed by atoms with E-state index in [9.17, 15) is 4.79 Å². The summed E-state index contributed by atoms with van der Waals surface area (Å²) in [6.07, 6.45) is 1.52. The van der Waals surface area contributed by atoms with Crippen LogP contribution in [-0.2, 0) is 11.2 Å². The number of thiazole rings is 1. The number of hydrogen-bond donors (Lipinski definition) is 2. The maximum absolute atomic E-state index is 11.9. The van der Waals surface area contributed by atoms with Crippen LogP contribution in [-0.4, -0.2) is 33.2 Å². The molecule has 2 aromatic heterocycles. The van der Waals surface area contributed by atoms with E-state index in [1.54, 1.807) is 7.11 Å². The Kier molecular flexibility index (Phi) is 4.10. The minimum atomic E-state index is -0.191. The molecular weight excluding hydrogens is 302 g/mol. The third-order valence-corrected chi connectivity index (χ3v) is 3.84. The lowest BCUT2D eigenvalue weighted by Crippen LogP contribution is -2.15. The summed E-state index contributed by atoms with van der Waals surface area (Å²) in [6.45, 7) is 0. The van der Waals surface area contributed by atoms with Crippen molar-refractivity contribution < 1.29 is 9.53 Å². The number of nitrogens with one attached hydrogen (secondary N) is 2. The number of methoxy groups -OCH3 is 1. The molecule has 0 unspecified atom stereocenters. The zero-order valence-electron chi connectivity index (χ0n) is 11.7. The first-order chi connectivity index (χ1) is 10.7. The van der Waals surface area contributed by atoms with Gasteiger partial charge < -0.3 is 4.74 Å². The van der Waals surface area contributed by atoms with Crippen LogP contribution < -0.4 is 10.1 Å². The Morgan fingerprint density at radius 1 is 1.36 bits per heavy atom. The lowest BCUT2D eigenvalue weighted by atomic mass is 10.2. The van der Waals surface area contributed by atoms with Gasteiger partial charge in [0.25, 0.3) is 0 Å². The second kappa shape index (κ2) is 6.35. The summed E-state index contributed by atoms with van der Waals surface area (Å²) in [4.78, 5) is 20.2. The minimum Gasteiger partial charge on any atom is -0.497 e. The average molecular weight is 315 g/mol. The van der Waals surface area contributed by atoms with Gasteiger partial charge in [0.2, 0.25) is 11.9 Å². The molecule has 7 nitrogen and oxygen atoms in total. The van der Waals surface area contributed by atoms with Gasteiger partial charge in [-0.3, -0.25) is 10.1 Å². The van der Waals surface area contributed by atoms with Crippen molar-refractivity contribution in [3.63, 3.8) is 0 Å². The Bertz CT molecular complexity index is 752. The van der Waals surface area contributed by atoms with Crippen LogP contribution in [0.5, 0.6) is 5.75 Å². The average Bonchev–Trinajstić information content (AvgIpc) is 3.19. The molecule has 0 fully saturated rings. The van der Waals surface area contributed by atoms with Crippen LogP contribution in [0.1, 0.15) is 5.69 Å². The van der Waals surface area contributed by atoms with Crippen molar-refractivity contribution >= 4 is 23.2 Å². The summed E-state index contributed by atoms with van der Waals surface area (Å²) in [7, 11) is 1.63. The van der Waals surface area contributed by atoms with Crippen molar-refractivity contribution in [1.29, 1.82) is 0 Å². The second-order valence-corrected chi connectivity index (χ2v) is 5.29. The summed E-state index contributed by atoms with van der Waals surface area (Å²) in [5.74, 6) is 0.936. The third kappa shape index (κ3) is 3.29. The van der Waals surface area contributed by atoms with Crippen LogP contribution in [0, 0.1) is 0 Å². The molecule has 0 saturated carbocycles. The number of carbonyl (C=O) groups excluding carboxylic acids is 1. The second-order valence-electron chi connectivity index (χ2n) is 4.43. The first-order valence-corrected chi connectivity index (χ1v) is 7.36. The zero-order chi connectivity index (χ0) is 15.4. The summed E-state index contributed by atoms with van der Waals surface area (Å²) < 4.78 is 5.13. The number of amides is 1. The fraction of sp³-hybridized carbons (Fsp3) is 0.143. The summed E-state index contributed by atoms with van der Waals surface area (Å²) in [5, 5.41) is 11.6. The van der Waals surface area contributed by atoms with Crippen molar-refractivity contribution in [3.8, 4) is 16.3 Å². The largest absolute Gasteiger partial charge is 0.497 e. The highest BCUT2D eigenvalue weighted by atomic mass is 32.1. The van der Waals surface area contributed by atoms with Crippen molar-refractivity contribution in [2.75, 3.05) is 12.4 Å². The Morgan fingerprint density at radius 3 is 2.86 bits per heavy atom. The monoisotopic (exact) mass is 315 g/mol. The summed E-state index contributed by atoms with van der Waals surface area (Å²) in [5.41, 5.74) is 1.71. The fourth-order valence-corrected chi connectivity index (χ4v) is 2.69. The number of hydrogen-bond acceptors (Lipinski definition) is 6. The van der Waals surface area contributed by atoms with E-state index in [0.717, 1.165) is 16.3 Å². The van der Waals surface area contributed by atoms with E-state index in [1.165, 1.54) is 17.7 Å². The van der Waals surface area contributed by atoms with Gasteiger partial charge in [-0.1, -0.05) is 0 Å². The topological polar surface area (TPSA) is 92.8 Å². The molecule has 8 heteroatoms. The number of aromatic nitrogens is 4. The Hall–Kier alpha value is -2.74. The normalized spacial score (nSPS) is 10.4. The molecular formula is C14H13N5O2S. The van der Waals surface area contributed by atoms with Gasteiger partial charge in [0.05, 0.1) is 19.2 Å². The molecule has 0 spiro atoms. The van der Waals surface area contributed by atoms with Crippen molar-refractivity contribution in [1.82, 2.24) is 20.2 Å². The van der Waals surface area contributed by atoms with Crippen molar-refractivity contribution in [2.45, 2.75) is 6.42 Å². The van der Waals surface area contributed by atoms with Crippen LogP contribution in [0.15, 0.2) is 36.0 Å². The molecule has 3 rings (SSSR count). The first-order valence-electron chi connectivity index (χ1n) is 6.48. The van der Waals surface area contributed by atoms with Crippen LogP contribution in [0.25, 0.3) is 10.6 Å². The standard InChI is InChI=1S/C14H13N5O2S/c1-21-11-4-2-9(3-5-11)13-17-10(7-22-13)6-12(20)18-14-15-8-16-19-14/h2-5,7-8H,6H2,1H3,(H2,15,16,18,19,20). The van der Waals surface area contributed by atoms with Gasteiger partial charge in [0, 0.05) is 10.9 Å². The first kappa shape index (κ1) is 14.2. The zero-order valence-corrected chi connectivity index (χ0v) is 12.6. The lowest BCUT2D eigenvalue weighted by molar-refractivity contribution is -0.115. The highest BCUT2D eigenvalue weighted by molar-refractivity contribution is 7.13. The smallest absolute Gasteiger partial charge is 0.232 e. The van der Waals surface area contributed by atoms with Gasteiger partial charge >= 0.3 is 0 Å². The maximum atomic E-state index is 11.9. The molecule has 0 aliphatic carbocycles. The van der Waals surface area contributed by atoms with Crippen molar-refractivity contribution in [3.05, 3.63) is 41.7 Å². The molecule has 0 radical (unpaired) electrons. The van der Waals surface area contributed by atoms with E-state index in [2.05, 4.69) is 25.5 Å². The minimum absolute atomic E-state index is 0.188. The Balaban J connectivity index is 1.66. The van der Waals surface area contributed by atoms with E-state index in [-0.39, 0.29) is 12.3 Å². The van der Waals surface area contributed by atoms with Crippen LogP contribution in [0.3, 0.4) is 0 Å². The highest BCUT2D eigenvalue weighted by Crippen LogP contribution is 2.25. The molecule has 0 bridgehead atoms.